The van der Waals surface area contributed by atoms with Crippen molar-refractivity contribution >= 4 is 12.0 Å². The van der Waals surface area contributed by atoms with E-state index in [1.54, 1.807) is 24.3 Å². The van der Waals surface area contributed by atoms with E-state index < -0.39 is 0 Å². The van der Waals surface area contributed by atoms with Gasteiger partial charge >= 0.3 is 0 Å². The highest BCUT2D eigenvalue weighted by Crippen LogP contribution is 2.22. The van der Waals surface area contributed by atoms with Crippen molar-refractivity contribution in [1.29, 1.82) is 10.5 Å². The summed E-state index contributed by atoms with van der Waals surface area (Å²) in [6.45, 7) is 0.574. The van der Waals surface area contributed by atoms with Crippen LogP contribution in [0.1, 0.15) is 27.0 Å². The third-order valence-corrected chi connectivity index (χ3v) is 3.16. The van der Waals surface area contributed by atoms with Crippen LogP contribution in [0.2, 0.25) is 0 Å². The molecule has 0 N–H and O–H groups in total. The number of rotatable bonds is 4. The molecule has 0 heterocycles. The predicted molar refractivity (Wildman–Crippen MR) is 79.8 cm³/mol. The third kappa shape index (κ3) is 3.26. The first-order chi connectivity index (χ1) is 10.2. The molecule has 2 aromatic rings. The molecule has 0 aliphatic rings. The number of carbonyl (C=O) groups excluding carboxylic acids is 1. The van der Waals surface area contributed by atoms with Crippen molar-refractivity contribution < 1.29 is 4.79 Å². The highest BCUT2D eigenvalue weighted by molar-refractivity contribution is 5.78. The molecule has 0 amide bonds. The molecule has 0 saturated carbocycles. The fraction of sp³-hybridized carbons (Fsp3) is 0.118. The highest BCUT2D eigenvalue weighted by Gasteiger charge is 2.09. The van der Waals surface area contributed by atoms with Crippen LogP contribution >= 0.6 is 0 Å². The predicted octanol–water partition coefficient (Wildman–Crippen LogP) is 2.88. The fourth-order valence-electron chi connectivity index (χ4n) is 2.15. The summed E-state index contributed by atoms with van der Waals surface area (Å²) in [6.07, 6.45) is 0.723. The van der Waals surface area contributed by atoms with Gasteiger partial charge in [-0.05, 0) is 35.9 Å². The van der Waals surface area contributed by atoms with Gasteiger partial charge in [0.05, 0.1) is 22.9 Å². The van der Waals surface area contributed by atoms with Gasteiger partial charge < -0.3 is 4.90 Å². The smallest absolute Gasteiger partial charge is 0.150 e. The lowest BCUT2D eigenvalue weighted by Gasteiger charge is -2.21. The van der Waals surface area contributed by atoms with Crippen molar-refractivity contribution in [2.75, 3.05) is 11.9 Å². The molecule has 0 bridgehead atoms. The minimum Gasteiger partial charge on any atom is -0.369 e. The topological polar surface area (TPSA) is 67.9 Å². The average Bonchev–Trinajstić information content (AvgIpc) is 2.54. The fourth-order valence-corrected chi connectivity index (χ4v) is 2.15. The summed E-state index contributed by atoms with van der Waals surface area (Å²) in [5.41, 5.74) is 3.29. The zero-order chi connectivity index (χ0) is 15.2. The number of nitriles is 2. The van der Waals surface area contributed by atoms with Gasteiger partial charge in [-0.1, -0.05) is 12.1 Å². The lowest BCUT2D eigenvalue weighted by Crippen LogP contribution is -2.17. The maximum absolute atomic E-state index is 10.8. The molecule has 0 radical (unpaired) electrons. The van der Waals surface area contributed by atoms with Crippen LogP contribution in [0, 0.1) is 22.7 Å². The van der Waals surface area contributed by atoms with E-state index in [2.05, 4.69) is 12.1 Å². The molecular formula is C17H13N3O. The van der Waals surface area contributed by atoms with Gasteiger partial charge in [0.25, 0.3) is 0 Å². The highest BCUT2D eigenvalue weighted by atomic mass is 16.1. The Balaban J connectivity index is 2.28. The second-order valence-electron chi connectivity index (χ2n) is 4.67. The Morgan fingerprint density at radius 1 is 1.14 bits per heavy atom. The number of benzene rings is 2. The third-order valence-electron chi connectivity index (χ3n) is 3.16. The van der Waals surface area contributed by atoms with Crippen LogP contribution in [0.4, 0.5) is 5.69 Å². The summed E-state index contributed by atoms with van der Waals surface area (Å²) in [6, 6.07) is 16.6. The quantitative estimate of drug-likeness (QED) is 0.804. The van der Waals surface area contributed by atoms with E-state index in [-0.39, 0.29) is 0 Å². The molecule has 0 atom stereocenters. The maximum Gasteiger partial charge on any atom is 0.150 e. The Hall–Kier alpha value is -3.11. The first-order valence-corrected chi connectivity index (χ1v) is 6.37. The molecule has 0 aliphatic carbocycles. The molecule has 102 valence electrons. The Bertz CT molecular complexity index is 753. The van der Waals surface area contributed by atoms with Crippen molar-refractivity contribution in [3.05, 3.63) is 64.7 Å². The molecule has 2 rings (SSSR count). The van der Waals surface area contributed by atoms with Crippen LogP contribution in [0.15, 0.2) is 42.5 Å². The van der Waals surface area contributed by atoms with E-state index in [1.165, 1.54) is 0 Å². The van der Waals surface area contributed by atoms with Gasteiger partial charge in [0.2, 0.25) is 0 Å². The normalized spacial score (nSPS) is 9.48. The van der Waals surface area contributed by atoms with Crippen LogP contribution in [-0.4, -0.2) is 13.3 Å². The summed E-state index contributed by atoms with van der Waals surface area (Å²) in [4.78, 5) is 12.7. The second kappa shape index (κ2) is 6.36. The van der Waals surface area contributed by atoms with Gasteiger partial charge in [-0.2, -0.15) is 10.5 Å². The number of carbonyl (C=O) groups is 1. The van der Waals surface area contributed by atoms with E-state index in [0.717, 1.165) is 17.5 Å². The Morgan fingerprint density at radius 3 is 2.62 bits per heavy atom. The van der Waals surface area contributed by atoms with E-state index >= 15 is 0 Å². The Morgan fingerprint density at radius 2 is 1.95 bits per heavy atom. The molecule has 2 aromatic carbocycles. The first kappa shape index (κ1) is 14.3. The van der Waals surface area contributed by atoms with E-state index in [1.807, 2.05) is 30.1 Å². The molecule has 0 aliphatic heterocycles. The lowest BCUT2D eigenvalue weighted by molar-refractivity contribution is 0.112. The standard InChI is InChI=1S/C17H13N3O/c1-20(11-14-4-2-3-13(7-14)9-18)17-6-5-15(12-21)8-16(17)10-19/h2-8,12H,11H2,1H3. The molecule has 4 heteroatoms. The van der Waals surface area contributed by atoms with Crippen molar-refractivity contribution in [3.8, 4) is 12.1 Å². The number of hydrogen-bond acceptors (Lipinski definition) is 4. The van der Waals surface area contributed by atoms with Crippen molar-refractivity contribution in [1.82, 2.24) is 0 Å². The molecule has 4 nitrogen and oxygen atoms in total. The van der Waals surface area contributed by atoms with Gasteiger partial charge in [0.1, 0.15) is 12.4 Å². The van der Waals surface area contributed by atoms with Crippen LogP contribution in [0.25, 0.3) is 0 Å². The molecule has 0 spiro atoms. The summed E-state index contributed by atoms with van der Waals surface area (Å²) in [5, 5.41) is 18.1. The number of hydrogen-bond donors (Lipinski definition) is 0. The van der Waals surface area contributed by atoms with E-state index in [4.69, 9.17) is 5.26 Å². The van der Waals surface area contributed by atoms with E-state index in [9.17, 15) is 10.1 Å². The zero-order valence-electron chi connectivity index (χ0n) is 11.6. The zero-order valence-corrected chi connectivity index (χ0v) is 11.6. The lowest BCUT2D eigenvalue weighted by atomic mass is 10.1. The van der Waals surface area contributed by atoms with Gasteiger partial charge in [-0.3, -0.25) is 4.79 Å². The second-order valence-corrected chi connectivity index (χ2v) is 4.67. The molecule has 0 aromatic heterocycles. The summed E-state index contributed by atoms with van der Waals surface area (Å²) in [7, 11) is 1.87. The summed E-state index contributed by atoms with van der Waals surface area (Å²) in [5.74, 6) is 0. The monoisotopic (exact) mass is 275 g/mol. The molecule has 0 fully saturated rings. The van der Waals surface area contributed by atoms with Gasteiger partial charge in [0.15, 0.2) is 0 Å². The molecule has 0 unspecified atom stereocenters. The van der Waals surface area contributed by atoms with Crippen molar-refractivity contribution in [2.45, 2.75) is 6.54 Å². The minimum atomic E-state index is 0.457. The van der Waals surface area contributed by atoms with Gasteiger partial charge in [0, 0.05) is 19.2 Å². The summed E-state index contributed by atoms with van der Waals surface area (Å²) < 4.78 is 0. The first-order valence-electron chi connectivity index (χ1n) is 6.37. The largest absolute Gasteiger partial charge is 0.369 e. The Kier molecular flexibility index (Phi) is 4.33. The van der Waals surface area contributed by atoms with Crippen LogP contribution in [-0.2, 0) is 6.54 Å². The average molecular weight is 275 g/mol. The van der Waals surface area contributed by atoms with Gasteiger partial charge in [-0.25, -0.2) is 0 Å². The van der Waals surface area contributed by atoms with Crippen LogP contribution in [0.5, 0.6) is 0 Å². The number of nitrogens with zero attached hydrogens (tertiary/aromatic N) is 3. The van der Waals surface area contributed by atoms with Crippen LogP contribution < -0.4 is 4.90 Å². The number of anilines is 1. The SMILES string of the molecule is CN(Cc1cccc(C#N)c1)c1ccc(C=O)cc1C#N. The van der Waals surface area contributed by atoms with Gasteiger partial charge in [-0.15, -0.1) is 0 Å². The summed E-state index contributed by atoms with van der Waals surface area (Å²) >= 11 is 0. The molecular weight excluding hydrogens is 262 g/mol. The van der Waals surface area contributed by atoms with Crippen LogP contribution in [0.3, 0.4) is 0 Å². The van der Waals surface area contributed by atoms with Crippen molar-refractivity contribution in [3.63, 3.8) is 0 Å². The Labute approximate surface area is 123 Å². The molecule has 0 saturated heterocycles. The number of aldehydes is 1. The minimum absolute atomic E-state index is 0.457. The van der Waals surface area contributed by atoms with E-state index in [0.29, 0.717) is 23.2 Å². The molecule has 21 heavy (non-hydrogen) atoms. The van der Waals surface area contributed by atoms with Crippen molar-refractivity contribution in [2.24, 2.45) is 0 Å². The maximum atomic E-state index is 10.8.